The number of rotatable bonds is 9. The Labute approximate surface area is 180 Å². The van der Waals surface area contributed by atoms with E-state index in [0.29, 0.717) is 30.3 Å². The Balaban J connectivity index is 1.63. The van der Waals surface area contributed by atoms with Gasteiger partial charge in [0, 0.05) is 18.7 Å². The van der Waals surface area contributed by atoms with Gasteiger partial charge >= 0.3 is 5.97 Å². The Morgan fingerprint density at radius 3 is 2.61 bits per heavy atom. The van der Waals surface area contributed by atoms with Crippen LogP contribution in [-0.4, -0.2) is 68.1 Å². The van der Waals surface area contributed by atoms with Gasteiger partial charge in [-0.2, -0.15) is 5.10 Å². The number of benzene rings is 2. The van der Waals surface area contributed by atoms with Crippen LogP contribution in [0, 0.1) is 0 Å². The highest BCUT2D eigenvalue weighted by Gasteiger charge is 2.14. The minimum absolute atomic E-state index is 0.206. The highest BCUT2D eigenvalue weighted by molar-refractivity contribution is 5.88. The zero-order valence-electron chi connectivity index (χ0n) is 17.2. The standard InChI is InChI=1S/C22H25N3O6/c1-29-19-4-2-3-18(13-23-24-20(26)14-25-9-11-30-12-10-25)21(19)31-15-16-5-7-17(8-6-16)22(27)28/h2-8,13H,9-12,14-15H2,1H3,(H,24,26)(H,27,28)/b23-13-. The van der Waals surface area contributed by atoms with Crippen molar-refractivity contribution in [3.05, 3.63) is 59.2 Å². The number of carboxylic acids is 1. The highest BCUT2D eigenvalue weighted by Crippen LogP contribution is 2.30. The fraction of sp³-hybridized carbons (Fsp3) is 0.318. The van der Waals surface area contributed by atoms with Crippen molar-refractivity contribution in [1.29, 1.82) is 0 Å². The van der Waals surface area contributed by atoms with E-state index in [1.807, 2.05) is 4.90 Å². The number of amides is 1. The van der Waals surface area contributed by atoms with E-state index < -0.39 is 5.97 Å². The topological polar surface area (TPSA) is 110 Å². The fourth-order valence-corrected chi connectivity index (χ4v) is 3.02. The second-order valence-electron chi connectivity index (χ2n) is 6.85. The number of aromatic carboxylic acids is 1. The summed E-state index contributed by atoms with van der Waals surface area (Å²) in [4.78, 5) is 25.1. The number of nitrogens with zero attached hydrogens (tertiary/aromatic N) is 2. The molecule has 0 bridgehead atoms. The highest BCUT2D eigenvalue weighted by atomic mass is 16.5. The number of hydrogen-bond donors (Lipinski definition) is 2. The van der Waals surface area contributed by atoms with Crippen molar-refractivity contribution in [2.75, 3.05) is 40.0 Å². The van der Waals surface area contributed by atoms with E-state index in [2.05, 4.69) is 10.5 Å². The maximum atomic E-state index is 12.1. The third kappa shape index (κ3) is 6.53. The van der Waals surface area contributed by atoms with Gasteiger partial charge in [0.05, 0.1) is 38.6 Å². The maximum Gasteiger partial charge on any atom is 0.335 e. The molecule has 3 rings (SSSR count). The molecule has 1 amide bonds. The zero-order valence-corrected chi connectivity index (χ0v) is 17.2. The Bertz CT molecular complexity index is 923. The first kappa shape index (κ1) is 22.3. The molecular formula is C22H25N3O6. The van der Waals surface area contributed by atoms with Gasteiger partial charge in [-0.05, 0) is 29.8 Å². The van der Waals surface area contributed by atoms with Crippen molar-refractivity contribution in [3.63, 3.8) is 0 Å². The van der Waals surface area contributed by atoms with Crippen LogP contribution in [0.2, 0.25) is 0 Å². The minimum atomic E-state index is -0.980. The molecule has 1 heterocycles. The molecule has 31 heavy (non-hydrogen) atoms. The Kier molecular flexibility index (Phi) is 7.97. The quantitative estimate of drug-likeness (QED) is 0.463. The first-order valence-electron chi connectivity index (χ1n) is 9.81. The van der Waals surface area contributed by atoms with Crippen molar-refractivity contribution in [3.8, 4) is 11.5 Å². The van der Waals surface area contributed by atoms with E-state index in [1.54, 1.807) is 30.3 Å². The van der Waals surface area contributed by atoms with Crippen LogP contribution in [0.4, 0.5) is 0 Å². The SMILES string of the molecule is COc1cccc(/C=N\NC(=O)CN2CCOCC2)c1OCc1ccc(C(=O)O)cc1. The van der Waals surface area contributed by atoms with E-state index in [9.17, 15) is 9.59 Å². The van der Waals surface area contributed by atoms with E-state index in [0.717, 1.165) is 18.7 Å². The number of methoxy groups -OCH3 is 1. The molecular weight excluding hydrogens is 402 g/mol. The van der Waals surface area contributed by atoms with Crippen molar-refractivity contribution < 1.29 is 28.9 Å². The summed E-state index contributed by atoms with van der Waals surface area (Å²) in [5, 5.41) is 13.0. The van der Waals surface area contributed by atoms with Crippen molar-refractivity contribution in [2.45, 2.75) is 6.61 Å². The summed E-state index contributed by atoms with van der Waals surface area (Å²) in [6.45, 7) is 3.16. The first-order valence-corrected chi connectivity index (χ1v) is 9.81. The average molecular weight is 427 g/mol. The summed E-state index contributed by atoms with van der Waals surface area (Å²) < 4.78 is 16.6. The number of ether oxygens (including phenoxy) is 3. The molecule has 2 aromatic rings. The molecule has 0 atom stereocenters. The summed E-state index contributed by atoms with van der Waals surface area (Å²) in [6.07, 6.45) is 1.50. The van der Waals surface area contributed by atoms with Crippen LogP contribution in [0.15, 0.2) is 47.6 Å². The van der Waals surface area contributed by atoms with Gasteiger partial charge in [0.15, 0.2) is 11.5 Å². The third-order valence-corrected chi connectivity index (χ3v) is 4.68. The third-order valence-electron chi connectivity index (χ3n) is 4.68. The van der Waals surface area contributed by atoms with Crippen molar-refractivity contribution in [1.82, 2.24) is 10.3 Å². The number of hydrazone groups is 1. The number of hydrogen-bond acceptors (Lipinski definition) is 7. The molecule has 1 fully saturated rings. The van der Waals surface area contributed by atoms with Gasteiger partial charge in [0.2, 0.25) is 0 Å². The fourth-order valence-electron chi connectivity index (χ4n) is 3.02. The van der Waals surface area contributed by atoms with Crippen LogP contribution in [0.1, 0.15) is 21.5 Å². The van der Waals surface area contributed by atoms with Crippen LogP contribution in [0.5, 0.6) is 11.5 Å². The lowest BCUT2D eigenvalue weighted by Crippen LogP contribution is -2.42. The summed E-state index contributed by atoms with van der Waals surface area (Å²) >= 11 is 0. The molecule has 1 aliphatic rings. The smallest absolute Gasteiger partial charge is 0.335 e. The first-order chi connectivity index (χ1) is 15.1. The molecule has 0 radical (unpaired) electrons. The lowest BCUT2D eigenvalue weighted by molar-refractivity contribution is -0.123. The van der Waals surface area contributed by atoms with Gasteiger partial charge in [-0.25, -0.2) is 10.2 Å². The molecule has 164 valence electrons. The van der Waals surface area contributed by atoms with Crippen LogP contribution in [0.3, 0.4) is 0 Å². The summed E-state index contributed by atoms with van der Waals surface area (Å²) in [6, 6.07) is 11.8. The number of carbonyl (C=O) groups excluding carboxylic acids is 1. The molecule has 0 aliphatic carbocycles. The van der Waals surface area contributed by atoms with E-state index in [4.69, 9.17) is 19.3 Å². The van der Waals surface area contributed by atoms with Crippen molar-refractivity contribution in [2.24, 2.45) is 5.10 Å². The number of carbonyl (C=O) groups is 2. The van der Waals surface area contributed by atoms with Crippen LogP contribution >= 0.6 is 0 Å². The molecule has 9 nitrogen and oxygen atoms in total. The van der Waals surface area contributed by atoms with E-state index >= 15 is 0 Å². The normalized spacial score (nSPS) is 14.4. The monoisotopic (exact) mass is 427 g/mol. The predicted octanol–water partition coefficient (Wildman–Crippen LogP) is 1.75. The molecule has 9 heteroatoms. The molecule has 1 saturated heterocycles. The molecule has 0 unspecified atom stereocenters. The second kappa shape index (κ2) is 11.1. The minimum Gasteiger partial charge on any atom is -0.493 e. The molecule has 0 aromatic heterocycles. The van der Waals surface area contributed by atoms with Crippen LogP contribution in [0.25, 0.3) is 0 Å². The summed E-state index contributed by atoms with van der Waals surface area (Å²) in [7, 11) is 1.54. The summed E-state index contributed by atoms with van der Waals surface area (Å²) in [5.74, 6) is -0.197. The average Bonchev–Trinajstić information content (AvgIpc) is 2.79. The van der Waals surface area contributed by atoms with Crippen LogP contribution in [-0.2, 0) is 16.1 Å². The van der Waals surface area contributed by atoms with Gasteiger partial charge in [-0.3, -0.25) is 9.69 Å². The Hall–Kier alpha value is -3.43. The van der Waals surface area contributed by atoms with Gasteiger partial charge in [0.25, 0.3) is 5.91 Å². The summed E-state index contributed by atoms with van der Waals surface area (Å²) in [5.41, 5.74) is 4.18. The number of nitrogens with one attached hydrogen (secondary N) is 1. The largest absolute Gasteiger partial charge is 0.493 e. The van der Waals surface area contributed by atoms with Gasteiger partial charge in [-0.15, -0.1) is 0 Å². The molecule has 2 aromatic carbocycles. The lowest BCUT2D eigenvalue weighted by atomic mass is 10.1. The second-order valence-corrected chi connectivity index (χ2v) is 6.85. The Morgan fingerprint density at radius 2 is 1.94 bits per heavy atom. The zero-order chi connectivity index (χ0) is 22.1. The molecule has 0 saturated carbocycles. The lowest BCUT2D eigenvalue weighted by Gasteiger charge is -2.25. The van der Waals surface area contributed by atoms with Gasteiger partial charge < -0.3 is 19.3 Å². The number of morpholine rings is 1. The maximum absolute atomic E-state index is 12.1. The number of carboxylic acid groups (broad SMARTS) is 1. The molecule has 0 spiro atoms. The van der Waals surface area contributed by atoms with E-state index in [1.165, 1.54) is 25.5 Å². The van der Waals surface area contributed by atoms with E-state index in [-0.39, 0.29) is 24.6 Å². The van der Waals surface area contributed by atoms with Gasteiger partial charge in [-0.1, -0.05) is 18.2 Å². The Morgan fingerprint density at radius 1 is 1.19 bits per heavy atom. The predicted molar refractivity (Wildman–Crippen MR) is 114 cm³/mol. The number of para-hydroxylation sites is 1. The molecule has 1 aliphatic heterocycles. The van der Waals surface area contributed by atoms with Crippen LogP contribution < -0.4 is 14.9 Å². The molecule has 2 N–H and O–H groups in total. The van der Waals surface area contributed by atoms with Gasteiger partial charge in [0.1, 0.15) is 6.61 Å². The van der Waals surface area contributed by atoms with Crippen molar-refractivity contribution >= 4 is 18.1 Å².